The number of benzene rings is 1. The number of nitrogens with zero attached hydrogens (tertiary/aromatic N) is 1. The lowest BCUT2D eigenvalue weighted by atomic mass is 10.00. The van der Waals surface area contributed by atoms with Crippen LogP contribution in [0.5, 0.6) is 0 Å². The normalized spacial score (nSPS) is 12.4. The Kier molecular flexibility index (Phi) is 3.94. The monoisotopic (exact) mass is 264 g/mol. The summed E-state index contributed by atoms with van der Waals surface area (Å²) in [6.45, 7) is 1.96. The molecule has 1 aromatic carbocycles. The Bertz CT molecular complexity index is 557. The van der Waals surface area contributed by atoms with Crippen LogP contribution in [-0.2, 0) is 6.42 Å². The lowest BCUT2D eigenvalue weighted by Gasteiger charge is -2.14. The fourth-order valence-electron chi connectivity index (χ4n) is 1.85. The van der Waals surface area contributed by atoms with Crippen molar-refractivity contribution >= 4 is 11.6 Å². The van der Waals surface area contributed by atoms with E-state index in [-0.39, 0.29) is 5.82 Å². The number of rotatable bonds is 3. The van der Waals surface area contributed by atoms with Gasteiger partial charge in [0.1, 0.15) is 5.82 Å². The maximum absolute atomic E-state index is 13.7. The van der Waals surface area contributed by atoms with E-state index < -0.39 is 6.04 Å². The van der Waals surface area contributed by atoms with Gasteiger partial charge in [0.05, 0.1) is 0 Å². The molecule has 0 spiro atoms. The predicted molar refractivity (Wildman–Crippen MR) is 71.0 cm³/mol. The molecular formula is C14H14ClFN2. The van der Waals surface area contributed by atoms with Crippen LogP contribution in [-0.4, -0.2) is 4.98 Å². The van der Waals surface area contributed by atoms with Gasteiger partial charge >= 0.3 is 0 Å². The van der Waals surface area contributed by atoms with Crippen molar-refractivity contribution in [1.29, 1.82) is 0 Å². The molecule has 0 aliphatic rings. The summed E-state index contributed by atoms with van der Waals surface area (Å²) in [6.07, 6.45) is 2.20. The number of aryl methyl sites for hydroxylation is 1. The molecule has 0 amide bonds. The highest BCUT2D eigenvalue weighted by atomic mass is 35.5. The van der Waals surface area contributed by atoms with E-state index in [1.54, 1.807) is 12.3 Å². The first-order valence-electron chi connectivity index (χ1n) is 5.69. The van der Waals surface area contributed by atoms with Crippen molar-refractivity contribution < 1.29 is 4.39 Å². The van der Waals surface area contributed by atoms with Crippen molar-refractivity contribution in [3.8, 4) is 0 Å². The summed E-state index contributed by atoms with van der Waals surface area (Å²) < 4.78 is 13.7. The molecule has 18 heavy (non-hydrogen) atoms. The third-order valence-corrected chi connectivity index (χ3v) is 3.12. The quantitative estimate of drug-likeness (QED) is 0.923. The Morgan fingerprint density at radius 3 is 2.89 bits per heavy atom. The third kappa shape index (κ3) is 2.86. The highest BCUT2D eigenvalue weighted by Gasteiger charge is 2.14. The van der Waals surface area contributed by atoms with Crippen LogP contribution >= 0.6 is 11.6 Å². The minimum Gasteiger partial charge on any atom is -0.324 e. The van der Waals surface area contributed by atoms with Gasteiger partial charge in [0.25, 0.3) is 0 Å². The molecule has 0 bridgehead atoms. The molecule has 94 valence electrons. The van der Waals surface area contributed by atoms with Crippen molar-refractivity contribution in [3.63, 3.8) is 0 Å². The molecule has 0 fully saturated rings. The van der Waals surface area contributed by atoms with Crippen LogP contribution in [0.25, 0.3) is 0 Å². The lowest BCUT2D eigenvalue weighted by Crippen LogP contribution is -2.16. The number of hydrogen-bond donors (Lipinski definition) is 1. The number of aromatic nitrogens is 1. The van der Waals surface area contributed by atoms with Gasteiger partial charge in [-0.2, -0.15) is 0 Å². The maximum Gasteiger partial charge on any atom is 0.128 e. The van der Waals surface area contributed by atoms with E-state index >= 15 is 0 Å². The minimum atomic E-state index is -0.447. The first-order chi connectivity index (χ1) is 8.58. The summed E-state index contributed by atoms with van der Waals surface area (Å²) in [6, 6.07) is 7.80. The van der Waals surface area contributed by atoms with Crippen molar-refractivity contribution in [1.82, 2.24) is 4.98 Å². The molecule has 1 aromatic heterocycles. The van der Waals surface area contributed by atoms with Crippen LogP contribution in [0.4, 0.5) is 4.39 Å². The number of halogens is 2. The Labute approximate surface area is 111 Å². The number of pyridine rings is 1. The highest BCUT2D eigenvalue weighted by molar-refractivity contribution is 6.30. The molecule has 4 heteroatoms. The largest absolute Gasteiger partial charge is 0.324 e. The summed E-state index contributed by atoms with van der Waals surface area (Å²) >= 11 is 5.86. The standard InChI is InChI=1S/C14H14ClFN2/c1-9-3-2-6-18-14(9)8-13(17)11-7-10(15)4-5-12(11)16/h2-7,13H,8,17H2,1H3. The molecule has 0 saturated heterocycles. The molecule has 1 atom stereocenters. The molecule has 0 saturated carbocycles. The summed E-state index contributed by atoms with van der Waals surface area (Å²) in [5.41, 5.74) is 8.38. The van der Waals surface area contributed by atoms with E-state index in [1.807, 2.05) is 19.1 Å². The van der Waals surface area contributed by atoms with Crippen molar-refractivity contribution in [2.24, 2.45) is 5.73 Å². The van der Waals surface area contributed by atoms with Gasteiger partial charge < -0.3 is 5.73 Å². The second-order valence-electron chi connectivity index (χ2n) is 4.24. The molecule has 2 aromatic rings. The smallest absolute Gasteiger partial charge is 0.128 e. The Hall–Kier alpha value is -1.45. The summed E-state index contributed by atoms with van der Waals surface area (Å²) in [5.74, 6) is -0.333. The number of nitrogens with two attached hydrogens (primary N) is 1. The molecule has 1 unspecified atom stereocenters. The van der Waals surface area contributed by atoms with Crippen molar-refractivity contribution in [3.05, 3.63) is 64.2 Å². The third-order valence-electron chi connectivity index (χ3n) is 2.89. The van der Waals surface area contributed by atoms with Gasteiger partial charge in [-0.1, -0.05) is 17.7 Å². The van der Waals surface area contributed by atoms with E-state index in [1.165, 1.54) is 12.1 Å². The fraction of sp³-hybridized carbons (Fsp3) is 0.214. The molecule has 2 rings (SSSR count). The lowest BCUT2D eigenvalue weighted by molar-refractivity contribution is 0.577. The number of hydrogen-bond acceptors (Lipinski definition) is 2. The van der Waals surface area contributed by atoms with Gasteiger partial charge in [-0.25, -0.2) is 4.39 Å². The molecule has 0 radical (unpaired) electrons. The van der Waals surface area contributed by atoms with Crippen LogP contribution in [0.3, 0.4) is 0 Å². The second kappa shape index (κ2) is 5.46. The van der Waals surface area contributed by atoms with Crippen LogP contribution in [0.2, 0.25) is 5.02 Å². The average molecular weight is 265 g/mol. The van der Waals surface area contributed by atoms with Gasteiger partial charge in [0.15, 0.2) is 0 Å². The summed E-state index contributed by atoms with van der Waals surface area (Å²) in [5, 5.41) is 0.486. The Morgan fingerprint density at radius 2 is 2.17 bits per heavy atom. The highest BCUT2D eigenvalue weighted by Crippen LogP contribution is 2.23. The zero-order valence-electron chi connectivity index (χ0n) is 10.0. The SMILES string of the molecule is Cc1cccnc1CC(N)c1cc(Cl)ccc1F. The van der Waals surface area contributed by atoms with Crippen molar-refractivity contribution in [2.75, 3.05) is 0 Å². The van der Waals surface area contributed by atoms with Crippen LogP contribution in [0.1, 0.15) is 22.9 Å². The Balaban J connectivity index is 2.25. The predicted octanol–water partition coefficient (Wildman–Crippen LogP) is 3.43. The average Bonchev–Trinajstić information content (AvgIpc) is 2.35. The first-order valence-corrected chi connectivity index (χ1v) is 6.06. The molecule has 2 nitrogen and oxygen atoms in total. The van der Waals surface area contributed by atoms with E-state index in [2.05, 4.69) is 4.98 Å². The van der Waals surface area contributed by atoms with Crippen LogP contribution in [0.15, 0.2) is 36.5 Å². The topological polar surface area (TPSA) is 38.9 Å². The summed E-state index contributed by atoms with van der Waals surface area (Å²) in [4.78, 5) is 4.26. The van der Waals surface area contributed by atoms with E-state index in [9.17, 15) is 4.39 Å². The zero-order chi connectivity index (χ0) is 13.1. The van der Waals surface area contributed by atoms with E-state index in [0.29, 0.717) is 17.0 Å². The molecular weight excluding hydrogens is 251 g/mol. The van der Waals surface area contributed by atoms with E-state index in [0.717, 1.165) is 11.3 Å². The molecule has 1 heterocycles. The van der Waals surface area contributed by atoms with Gasteiger partial charge in [0, 0.05) is 34.9 Å². The van der Waals surface area contributed by atoms with Gasteiger partial charge in [-0.3, -0.25) is 4.98 Å². The fourth-order valence-corrected chi connectivity index (χ4v) is 2.03. The molecule has 0 aliphatic heterocycles. The van der Waals surface area contributed by atoms with Crippen molar-refractivity contribution in [2.45, 2.75) is 19.4 Å². The second-order valence-corrected chi connectivity index (χ2v) is 4.68. The molecule has 2 N–H and O–H groups in total. The first kappa shape index (κ1) is 13.0. The van der Waals surface area contributed by atoms with Gasteiger partial charge in [0.2, 0.25) is 0 Å². The molecule has 0 aliphatic carbocycles. The Morgan fingerprint density at radius 1 is 1.39 bits per heavy atom. The summed E-state index contributed by atoms with van der Waals surface area (Å²) in [7, 11) is 0. The van der Waals surface area contributed by atoms with E-state index in [4.69, 9.17) is 17.3 Å². The van der Waals surface area contributed by atoms with Crippen LogP contribution < -0.4 is 5.73 Å². The minimum absolute atomic E-state index is 0.333. The van der Waals surface area contributed by atoms with Crippen LogP contribution in [0, 0.1) is 12.7 Å². The zero-order valence-corrected chi connectivity index (χ0v) is 10.8. The van der Waals surface area contributed by atoms with Gasteiger partial charge in [-0.15, -0.1) is 0 Å². The maximum atomic E-state index is 13.7. The van der Waals surface area contributed by atoms with Gasteiger partial charge in [-0.05, 0) is 36.8 Å².